The summed E-state index contributed by atoms with van der Waals surface area (Å²) in [5.41, 5.74) is 1.63. The number of benzene rings is 2. The number of carbonyl (C=O) groups excluding carboxylic acids is 1. The zero-order valence-corrected chi connectivity index (χ0v) is 16.1. The van der Waals surface area contributed by atoms with Crippen molar-refractivity contribution in [2.24, 2.45) is 0 Å². The molecule has 2 aromatic rings. The molecule has 0 bridgehead atoms. The van der Waals surface area contributed by atoms with E-state index in [0.717, 1.165) is 17.0 Å². The highest BCUT2D eigenvalue weighted by atomic mass is 35.5. The molecule has 1 saturated heterocycles. The number of ether oxygens (including phenoxy) is 1. The Bertz CT molecular complexity index is 891. The molecule has 0 atom stereocenters. The number of anilines is 1. The van der Waals surface area contributed by atoms with Gasteiger partial charge in [-0.3, -0.25) is 14.9 Å². The molecule has 8 heteroatoms. The summed E-state index contributed by atoms with van der Waals surface area (Å²) < 4.78 is 5.12. The van der Waals surface area contributed by atoms with Crippen LogP contribution < -0.4 is 9.64 Å². The zero-order chi connectivity index (χ0) is 20.1. The lowest BCUT2D eigenvalue weighted by Crippen LogP contribution is -2.48. The number of rotatable bonds is 5. The molecule has 0 aliphatic carbocycles. The molecule has 1 aliphatic heterocycles. The van der Waals surface area contributed by atoms with E-state index in [9.17, 15) is 14.9 Å². The molecule has 1 amide bonds. The van der Waals surface area contributed by atoms with Gasteiger partial charge in [-0.1, -0.05) is 23.7 Å². The van der Waals surface area contributed by atoms with E-state index in [1.807, 2.05) is 29.2 Å². The van der Waals surface area contributed by atoms with Crippen molar-refractivity contribution in [3.63, 3.8) is 0 Å². The second-order valence-electron chi connectivity index (χ2n) is 6.31. The molecule has 28 heavy (non-hydrogen) atoms. The number of amides is 1. The van der Waals surface area contributed by atoms with Gasteiger partial charge in [0.05, 0.1) is 22.7 Å². The minimum absolute atomic E-state index is 0.0359. The maximum Gasteiger partial charge on any atom is 0.271 e. The van der Waals surface area contributed by atoms with Crippen LogP contribution in [0.5, 0.6) is 5.75 Å². The number of carbonyl (C=O) groups is 1. The zero-order valence-electron chi connectivity index (χ0n) is 15.4. The molecular weight excluding hydrogens is 382 g/mol. The van der Waals surface area contributed by atoms with E-state index >= 15 is 0 Å². The molecule has 7 nitrogen and oxygen atoms in total. The van der Waals surface area contributed by atoms with E-state index in [2.05, 4.69) is 0 Å². The monoisotopic (exact) mass is 401 g/mol. The third kappa shape index (κ3) is 4.61. The summed E-state index contributed by atoms with van der Waals surface area (Å²) in [6.07, 6.45) is 3.34. The molecule has 0 N–H and O–H groups in total. The van der Waals surface area contributed by atoms with Gasteiger partial charge in [0.25, 0.3) is 5.69 Å². The van der Waals surface area contributed by atoms with Gasteiger partial charge < -0.3 is 14.5 Å². The van der Waals surface area contributed by atoms with E-state index in [1.54, 1.807) is 30.2 Å². The lowest BCUT2D eigenvalue weighted by atomic mass is 10.2. The maximum atomic E-state index is 12.4. The Balaban J connectivity index is 1.57. The standard InChI is InChI=1S/C20H20ClN3O4/c1-28-17-6-2-15(3-7-17)4-9-20(25)23-12-10-22(11-13-23)19-8-5-16(24(26)27)14-18(19)21/h2-9,14H,10-13H2,1H3/b9-4+. The summed E-state index contributed by atoms with van der Waals surface area (Å²) in [4.78, 5) is 26.6. The average Bonchev–Trinajstić information content (AvgIpc) is 2.72. The highest BCUT2D eigenvalue weighted by Gasteiger charge is 2.22. The summed E-state index contributed by atoms with van der Waals surface area (Å²) in [6, 6.07) is 11.9. The molecule has 1 aliphatic rings. The number of hydrogen-bond acceptors (Lipinski definition) is 5. The molecule has 0 saturated carbocycles. The molecule has 0 radical (unpaired) electrons. The fourth-order valence-corrected chi connectivity index (χ4v) is 3.32. The lowest BCUT2D eigenvalue weighted by molar-refractivity contribution is -0.384. The number of piperazine rings is 1. The SMILES string of the molecule is COc1ccc(/C=C/C(=O)N2CCN(c3ccc([N+](=O)[O-])cc3Cl)CC2)cc1. The summed E-state index contributed by atoms with van der Waals surface area (Å²) in [5.74, 6) is 0.717. The van der Waals surface area contributed by atoms with Crippen LogP contribution in [0, 0.1) is 10.1 Å². The molecule has 0 unspecified atom stereocenters. The van der Waals surface area contributed by atoms with Crippen molar-refractivity contribution in [1.82, 2.24) is 4.90 Å². The van der Waals surface area contributed by atoms with Crippen LogP contribution in [0.25, 0.3) is 6.08 Å². The Hall–Kier alpha value is -3.06. The Morgan fingerprint density at radius 3 is 2.39 bits per heavy atom. The van der Waals surface area contributed by atoms with Gasteiger partial charge in [0.15, 0.2) is 0 Å². The third-order valence-electron chi connectivity index (χ3n) is 4.61. The van der Waals surface area contributed by atoms with E-state index in [0.29, 0.717) is 31.2 Å². The summed E-state index contributed by atoms with van der Waals surface area (Å²) in [7, 11) is 1.61. The first kappa shape index (κ1) is 19.7. The number of hydrogen-bond donors (Lipinski definition) is 0. The van der Waals surface area contributed by atoms with Gasteiger partial charge in [-0.2, -0.15) is 0 Å². The Kier molecular flexibility index (Phi) is 6.16. The molecule has 0 aromatic heterocycles. The molecular formula is C20H20ClN3O4. The topological polar surface area (TPSA) is 75.9 Å². The minimum atomic E-state index is -0.471. The van der Waals surface area contributed by atoms with Crippen molar-refractivity contribution < 1.29 is 14.5 Å². The number of non-ortho nitro benzene ring substituents is 1. The lowest BCUT2D eigenvalue weighted by Gasteiger charge is -2.36. The van der Waals surface area contributed by atoms with Gasteiger partial charge in [0.2, 0.25) is 5.91 Å². The van der Waals surface area contributed by atoms with Crippen LogP contribution in [0.15, 0.2) is 48.5 Å². The molecule has 1 heterocycles. The highest BCUT2D eigenvalue weighted by molar-refractivity contribution is 6.33. The largest absolute Gasteiger partial charge is 0.497 e. The first-order valence-corrected chi connectivity index (χ1v) is 9.15. The normalized spacial score (nSPS) is 14.4. The molecule has 146 valence electrons. The number of nitro groups is 1. The first-order chi connectivity index (χ1) is 13.5. The molecule has 0 spiro atoms. The third-order valence-corrected chi connectivity index (χ3v) is 4.91. The van der Waals surface area contributed by atoms with Crippen LogP contribution in [0.3, 0.4) is 0 Å². The van der Waals surface area contributed by atoms with Gasteiger partial charge in [-0.05, 0) is 29.8 Å². The quantitative estimate of drug-likeness (QED) is 0.434. The number of nitrogens with zero attached hydrogens (tertiary/aromatic N) is 3. The maximum absolute atomic E-state index is 12.4. The van der Waals surface area contributed by atoms with E-state index < -0.39 is 4.92 Å². The molecule has 1 fully saturated rings. The summed E-state index contributed by atoms with van der Waals surface area (Å²) in [6.45, 7) is 2.33. The van der Waals surface area contributed by atoms with Gasteiger partial charge in [-0.25, -0.2) is 0 Å². The van der Waals surface area contributed by atoms with Crippen LogP contribution in [-0.2, 0) is 4.79 Å². The van der Waals surface area contributed by atoms with Gasteiger partial charge in [0, 0.05) is 44.4 Å². The van der Waals surface area contributed by atoms with Crippen LogP contribution in [-0.4, -0.2) is 49.0 Å². The fraction of sp³-hybridized carbons (Fsp3) is 0.250. The van der Waals surface area contributed by atoms with Crippen LogP contribution in [0.4, 0.5) is 11.4 Å². The van der Waals surface area contributed by atoms with Crippen molar-refractivity contribution in [1.29, 1.82) is 0 Å². The minimum Gasteiger partial charge on any atom is -0.497 e. The second-order valence-corrected chi connectivity index (χ2v) is 6.72. The van der Waals surface area contributed by atoms with Crippen molar-refractivity contribution in [2.45, 2.75) is 0 Å². The number of methoxy groups -OCH3 is 1. The average molecular weight is 402 g/mol. The van der Waals surface area contributed by atoms with Gasteiger partial charge in [-0.15, -0.1) is 0 Å². The molecule has 2 aromatic carbocycles. The summed E-state index contributed by atoms with van der Waals surface area (Å²) in [5, 5.41) is 11.2. The van der Waals surface area contributed by atoms with E-state index in [-0.39, 0.29) is 11.6 Å². The Morgan fingerprint density at radius 1 is 1.14 bits per heavy atom. The van der Waals surface area contributed by atoms with Crippen molar-refractivity contribution >= 4 is 35.0 Å². The van der Waals surface area contributed by atoms with Crippen molar-refractivity contribution in [2.75, 3.05) is 38.2 Å². The van der Waals surface area contributed by atoms with E-state index in [1.165, 1.54) is 12.1 Å². The van der Waals surface area contributed by atoms with E-state index in [4.69, 9.17) is 16.3 Å². The highest BCUT2D eigenvalue weighted by Crippen LogP contribution is 2.30. The predicted octanol–water partition coefficient (Wildman–Crippen LogP) is 3.62. The first-order valence-electron chi connectivity index (χ1n) is 8.78. The number of nitro benzene ring substituents is 1. The fourth-order valence-electron chi connectivity index (χ4n) is 3.02. The second kappa shape index (κ2) is 8.75. The summed E-state index contributed by atoms with van der Waals surface area (Å²) >= 11 is 6.20. The van der Waals surface area contributed by atoms with Crippen LogP contribution >= 0.6 is 11.6 Å². The predicted molar refractivity (Wildman–Crippen MR) is 109 cm³/mol. The van der Waals surface area contributed by atoms with Gasteiger partial charge in [0.1, 0.15) is 5.75 Å². The Labute approximate surface area is 167 Å². The number of halogens is 1. The van der Waals surface area contributed by atoms with Gasteiger partial charge >= 0.3 is 0 Å². The van der Waals surface area contributed by atoms with Crippen LogP contribution in [0.2, 0.25) is 5.02 Å². The molecule has 3 rings (SSSR count). The Morgan fingerprint density at radius 2 is 1.82 bits per heavy atom. The van der Waals surface area contributed by atoms with Crippen molar-refractivity contribution in [3.05, 3.63) is 69.2 Å². The smallest absolute Gasteiger partial charge is 0.271 e. The van der Waals surface area contributed by atoms with Crippen LogP contribution in [0.1, 0.15) is 5.56 Å². The van der Waals surface area contributed by atoms with Crippen molar-refractivity contribution in [3.8, 4) is 5.75 Å².